The summed E-state index contributed by atoms with van der Waals surface area (Å²) in [6.07, 6.45) is 3.15. The smallest absolute Gasteiger partial charge is 0.404 e. The molecule has 0 radical (unpaired) electrons. The number of pyridine rings is 1. The zero-order valence-electron chi connectivity index (χ0n) is 24.6. The van der Waals surface area contributed by atoms with Gasteiger partial charge in [0.05, 0.1) is 32.4 Å². The summed E-state index contributed by atoms with van der Waals surface area (Å²) in [6, 6.07) is 15.8. The molecule has 4 N–H and O–H groups in total. The number of amides is 1. The maximum absolute atomic E-state index is 15.0. The van der Waals surface area contributed by atoms with Crippen LogP contribution in [0.15, 0.2) is 73.1 Å². The van der Waals surface area contributed by atoms with E-state index in [0.717, 1.165) is 53.8 Å². The van der Waals surface area contributed by atoms with E-state index < -0.39 is 40.7 Å². The van der Waals surface area contributed by atoms with E-state index in [0.29, 0.717) is 12.1 Å². The van der Waals surface area contributed by atoms with Gasteiger partial charge >= 0.3 is 6.09 Å². The number of carbonyl (C=O) groups excluding carboxylic acids is 2. The van der Waals surface area contributed by atoms with Crippen molar-refractivity contribution in [3.63, 3.8) is 0 Å². The Morgan fingerprint density at radius 2 is 1.64 bits per heavy atom. The molecule has 13 heteroatoms. The van der Waals surface area contributed by atoms with E-state index in [-0.39, 0.29) is 38.2 Å². The molecular weight excluding hydrogens is 651 g/mol. The second-order valence-electron chi connectivity index (χ2n) is 11.3. The van der Waals surface area contributed by atoms with Crippen LogP contribution in [0.3, 0.4) is 0 Å². The number of nitrogens with one attached hydrogen (secondary N) is 1. The first-order chi connectivity index (χ1) is 22.5. The van der Waals surface area contributed by atoms with Crippen LogP contribution in [0.4, 0.5) is 19.3 Å². The topological polar surface area (TPSA) is 131 Å². The maximum Gasteiger partial charge on any atom is 0.404 e. The molecule has 6 rings (SSSR count). The second kappa shape index (κ2) is 13.1. The molecule has 1 fully saturated rings. The molecule has 1 aliphatic heterocycles. The average Bonchev–Trinajstić information content (AvgIpc) is 3.43. The van der Waals surface area contributed by atoms with Crippen molar-refractivity contribution in [2.45, 2.75) is 25.4 Å². The number of rotatable bonds is 7. The van der Waals surface area contributed by atoms with Crippen LogP contribution < -0.4 is 11.1 Å². The number of carboxylic acid groups (broad SMARTS) is 1. The van der Waals surface area contributed by atoms with Gasteiger partial charge in [0.25, 0.3) is 5.91 Å². The number of hydrogen-bond donors (Lipinski definition) is 3. The Hall–Kier alpha value is -4.84. The van der Waals surface area contributed by atoms with Gasteiger partial charge in [-0.15, -0.1) is 0 Å². The van der Waals surface area contributed by atoms with Crippen LogP contribution in [0.1, 0.15) is 44.7 Å². The maximum atomic E-state index is 15.0. The molecule has 1 aliphatic rings. The third kappa shape index (κ3) is 6.42. The summed E-state index contributed by atoms with van der Waals surface area (Å²) in [4.78, 5) is 45.1. The fraction of sp³-hybridized carbons (Fsp3) is 0.176. The van der Waals surface area contributed by atoms with Crippen molar-refractivity contribution in [1.29, 1.82) is 0 Å². The van der Waals surface area contributed by atoms with E-state index in [1.807, 2.05) is 24.3 Å². The molecule has 5 aromatic rings. The highest BCUT2D eigenvalue weighted by Gasteiger charge is 2.28. The van der Waals surface area contributed by atoms with Crippen molar-refractivity contribution in [2.24, 2.45) is 0 Å². The van der Waals surface area contributed by atoms with Crippen molar-refractivity contribution in [3.8, 4) is 11.1 Å². The summed E-state index contributed by atoms with van der Waals surface area (Å²) in [7, 11) is 0. The van der Waals surface area contributed by atoms with Gasteiger partial charge in [0.1, 0.15) is 11.5 Å². The second-order valence-corrected chi connectivity index (χ2v) is 12.1. The Morgan fingerprint density at radius 1 is 0.957 bits per heavy atom. The number of anilines is 1. The Bertz CT molecular complexity index is 2020. The summed E-state index contributed by atoms with van der Waals surface area (Å²) in [5.41, 5.74) is 6.63. The Morgan fingerprint density at radius 3 is 2.30 bits per heavy atom. The first-order valence-corrected chi connectivity index (χ1v) is 15.4. The van der Waals surface area contributed by atoms with Crippen molar-refractivity contribution >= 4 is 57.7 Å². The minimum Gasteiger partial charge on any atom is -0.465 e. The number of nitrogen functional groups attached to an aromatic ring is 1. The number of fused-ring (bicyclic) bond motifs is 1. The van der Waals surface area contributed by atoms with Crippen LogP contribution in [0.2, 0.25) is 10.0 Å². The van der Waals surface area contributed by atoms with Gasteiger partial charge in [-0.25, -0.2) is 18.6 Å². The molecule has 0 atom stereocenters. The number of benzene rings is 3. The van der Waals surface area contributed by atoms with E-state index in [2.05, 4.69) is 15.2 Å². The largest absolute Gasteiger partial charge is 0.465 e. The Kier molecular flexibility index (Phi) is 8.96. The fourth-order valence-electron chi connectivity index (χ4n) is 5.81. The van der Waals surface area contributed by atoms with Crippen LogP contribution in [0.5, 0.6) is 0 Å². The van der Waals surface area contributed by atoms with Crippen LogP contribution in [-0.4, -0.2) is 56.5 Å². The quantitative estimate of drug-likeness (QED) is 0.125. The standard InChI is InChI=1S/C34H27Cl2F2N5O4/c35-24-2-1-3-25(36)28(24)33(45)43-17-23(31(44)29-26(37)8-9-27(39)30(29)38)22-14-20(15-40-32(22)43)19-6-4-18(5-7-19)16-42-12-10-21(11-13-42)41-34(46)47/h1-9,14-15,17,21,41H,10-13,16,39H2,(H,46,47). The third-order valence-electron chi connectivity index (χ3n) is 8.24. The molecule has 2 aromatic heterocycles. The first kappa shape index (κ1) is 32.1. The van der Waals surface area contributed by atoms with Gasteiger partial charge in [-0.05, 0) is 54.3 Å². The predicted molar refractivity (Wildman–Crippen MR) is 175 cm³/mol. The summed E-state index contributed by atoms with van der Waals surface area (Å²) in [5.74, 6) is -4.03. The van der Waals surface area contributed by atoms with Gasteiger partial charge in [-0.1, -0.05) is 53.5 Å². The monoisotopic (exact) mass is 677 g/mol. The van der Waals surface area contributed by atoms with Crippen molar-refractivity contribution in [3.05, 3.63) is 117 Å². The van der Waals surface area contributed by atoms with E-state index in [1.54, 1.807) is 12.1 Å². The minimum atomic E-state index is -1.21. The first-order valence-electron chi connectivity index (χ1n) is 14.6. The lowest BCUT2D eigenvalue weighted by Gasteiger charge is -2.31. The number of likely N-dealkylation sites (tertiary alicyclic amines) is 1. The molecule has 0 aliphatic carbocycles. The number of carbonyl (C=O) groups is 3. The van der Waals surface area contributed by atoms with Crippen LogP contribution in [0, 0.1) is 11.6 Å². The molecule has 0 spiro atoms. The number of aromatic nitrogens is 2. The van der Waals surface area contributed by atoms with E-state index in [1.165, 1.54) is 24.5 Å². The molecule has 47 heavy (non-hydrogen) atoms. The molecule has 3 heterocycles. The highest BCUT2D eigenvalue weighted by molar-refractivity contribution is 6.40. The number of nitrogens with two attached hydrogens (primary N) is 1. The molecule has 0 saturated carbocycles. The zero-order chi connectivity index (χ0) is 33.4. The molecule has 3 aromatic carbocycles. The van der Waals surface area contributed by atoms with E-state index in [9.17, 15) is 18.8 Å². The predicted octanol–water partition coefficient (Wildman–Crippen LogP) is 7.02. The lowest BCUT2D eigenvalue weighted by molar-refractivity contribution is 0.0964. The van der Waals surface area contributed by atoms with Crippen molar-refractivity contribution in [2.75, 3.05) is 18.8 Å². The minimum absolute atomic E-state index is 0.0307. The summed E-state index contributed by atoms with van der Waals surface area (Å²) in [6.45, 7) is 2.20. The summed E-state index contributed by atoms with van der Waals surface area (Å²) < 4.78 is 30.9. The number of ketones is 1. The molecule has 1 saturated heterocycles. The molecule has 240 valence electrons. The van der Waals surface area contributed by atoms with E-state index >= 15 is 4.39 Å². The molecular formula is C34H27Cl2F2N5O4. The fourth-order valence-corrected chi connectivity index (χ4v) is 6.37. The molecule has 1 amide bonds. The summed E-state index contributed by atoms with van der Waals surface area (Å²) >= 11 is 12.6. The lowest BCUT2D eigenvalue weighted by Crippen LogP contribution is -2.43. The number of halogens is 4. The summed E-state index contributed by atoms with van der Waals surface area (Å²) in [5, 5.41) is 11.8. The van der Waals surface area contributed by atoms with Crippen LogP contribution >= 0.6 is 23.2 Å². The van der Waals surface area contributed by atoms with Gasteiger partial charge in [-0.2, -0.15) is 0 Å². The van der Waals surface area contributed by atoms with Crippen LogP contribution in [-0.2, 0) is 6.54 Å². The van der Waals surface area contributed by atoms with Gasteiger partial charge < -0.3 is 16.2 Å². The number of hydrogen-bond acceptors (Lipinski definition) is 6. The van der Waals surface area contributed by atoms with E-state index in [4.69, 9.17) is 34.0 Å². The highest BCUT2D eigenvalue weighted by atomic mass is 35.5. The van der Waals surface area contributed by atoms with Gasteiger partial charge in [0.15, 0.2) is 5.82 Å². The molecule has 9 nitrogen and oxygen atoms in total. The van der Waals surface area contributed by atoms with Gasteiger partial charge in [0, 0.05) is 49.0 Å². The lowest BCUT2D eigenvalue weighted by atomic mass is 9.99. The Labute approximate surface area is 277 Å². The van der Waals surface area contributed by atoms with Crippen molar-refractivity contribution in [1.82, 2.24) is 19.8 Å². The van der Waals surface area contributed by atoms with Gasteiger partial charge in [-0.3, -0.25) is 19.1 Å². The van der Waals surface area contributed by atoms with Crippen molar-refractivity contribution < 1.29 is 28.3 Å². The third-order valence-corrected chi connectivity index (χ3v) is 8.87. The highest BCUT2D eigenvalue weighted by Crippen LogP contribution is 2.33. The normalized spacial score (nSPS) is 14.0. The molecule has 0 unspecified atom stereocenters. The average molecular weight is 679 g/mol. The Balaban J connectivity index is 1.36. The molecule has 0 bridgehead atoms. The zero-order valence-corrected chi connectivity index (χ0v) is 26.2. The number of nitrogens with zero attached hydrogens (tertiary/aromatic N) is 3. The van der Waals surface area contributed by atoms with Gasteiger partial charge in [0.2, 0.25) is 5.78 Å². The number of piperidine rings is 1. The van der Waals surface area contributed by atoms with Crippen LogP contribution in [0.25, 0.3) is 22.2 Å². The SMILES string of the molecule is Nc1ccc(F)c(C(=O)c2cn(C(=O)c3c(Cl)cccc3Cl)c3ncc(-c4ccc(CN5CCC(NC(=O)O)CC5)cc4)cc23)c1F.